The molecule has 0 aromatic carbocycles. The Kier molecular flexibility index (Phi) is 5.97. The van der Waals surface area contributed by atoms with Crippen molar-refractivity contribution in [2.45, 2.75) is 83.2 Å². The van der Waals surface area contributed by atoms with Crippen molar-refractivity contribution in [1.82, 2.24) is 4.90 Å². The van der Waals surface area contributed by atoms with Gasteiger partial charge in [0.15, 0.2) is 0 Å². The van der Waals surface area contributed by atoms with E-state index >= 15 is 0 Å². The van der Waals surface area contributed by atoms with Crippen LogP contribution in [0.3, 0.4) is 0 Å². The molecule has 1 saturated carbocycles. The van der Waals surface area contributed by atoms with Gasteiger partial charge in [-0.3, -0.25) is 4.90 Å². The van der Waals surface area contributed by atoms with Gasteiger partial charge in [-0.2, -0.15) is 0 Å². The first-order valence-electron chi connectivity index (χ1n) is 8.25. The lowest BCUT2D eigenvalue weighted by Gasteiger charge is -2.31. The maximum absolute atomic E-state index is 6.41. The minimum absolute atomic E-state index is 0.411. The third kappa shape index (κ3) is 4.55. The van der Waals surface area contributed by atoms with Crippen molar-refractivity contribution >= 4 is 0 Å². The fraction of sp³-hybridized carbons (Fsp3) is 1.00. The number of rotatable bonds is 4. The number of hydrogen-bond acceptors (Lipinski definition) is 2. The van der Waals surface area contributed by atoms with Crippen molar-refractivity contribution in [2.24, 2.45) is 11.7 Å². The first-order chi connectivity index (χ1) is 8.75. The van der Waals surface area contributed by atoms with Crippen LogP contribution in [0.15, 0.2) is 0 Å². The molecule has 0 spiro atoms. The first-order valence-corrected chi connectivity index (χ1v) is 8.25. The summed E-state index contributed by atoms with van der Waals surface area (Å²) in [4.78, 5) is 2.65. The van der Waals surface area contributed by atoms with Gasteiger partial charge in [-0.05, 0) is 38.6 Å². The van der Waals surface area contributed by atoms with E-state index in [2.05, 4.69) is 11.8 Å². The summed E-state index contributed by atoms with van der Waals surface area (Å²) in [6.45, 7) is 4.80. The Morgan fingerprint density at radius 2 is 1.67 bits per heavy atom. The molecule has 0 aromatic heterocycles. The van der Waals surface area contributed by atoms with Gasteiger partial charge in [0.1, 0.15) is 0 Å². The molecule has 106 valence electrons. The average molecular weight is 252 g/mol. The number of nitrogens with zero attached hydrogens (tertiary/aromatic N) is 1. The highest BCUT2D eigenvalue weighted by Crippen LogP contribution is 2.27. The second-order valence-electron chi connectivity index (χ2n) is 6.69. The first kappa shape index (κ1) is 14.3. The van der Waals surface area contributed by atoms with Gasteiger partial charge in [-0.1, -0.05) is 44.9 Å². The molecule has 0 amide bonds. The van der Waals surface area contributed by atoms with Crippen LogP contribution in [0, 0.1) is 5.92 Å². The van der Waals surface area contributed by atoms with Crippen LogP contribution in [-0.2, 0) is 0 Å². The van der Waals surface area contributed by atoms with Crippen LogP contribution in [-0.4, -0.2) is 30.1 Å². The van der Waals surface area contributed by atoms with Crippen molar-refractivity contribution in [3.63, 3.8) is 0 Å². The summed E-state index contributed by atoms with van der Waals surface area (Å²) in [6, 6.07) is 1.17. The van der Waals surface area contributed by atoms with Crippen LogP contribution in [0.5, 0.6) is 0 Å². The molecule has 2 nitrogen and oxygen atoms in total. The monoisotopic (exact) mass is 252 g/mol. The van der Waals surface area contributed by atoms with Crippen molar-refractivity contribution in [3.8, 4) is 0 Å². The van der Waals surface area contributed by atoms with E-state index in [1.165, 1.54) is 70.8 Å². The van der Waals surface area contributed by atoms with Gasteiger partial charge in [0.25, 0.3) is 0 Å². The third-order valence-electron chi connectivity index (χ3n) is 5.02. The SMILES string of the molecule is CC1CCCCCN1CC(N)CC1CCCCC1. The second-order valence-corrected chi connectivity index (χ2v) is 6.69. The molecule has 2 heteroatoms. The lowest BCUT2D eigenvalue weighted by molar-refractivity contribution is 0.186. The summed E-state index contributed by atoms with van der Waals surface area (Å²) < 4.78 is 0. The van der Waals surface area contributed by atoms with E-state index in [0.717, 1.165) is 18.5 Å². The van der Waals surface area contributed by atoms with Gasteiger partial charge in [0.2, 0.25) is 0 Å². The Balaban J connectivity index is 1.72. The fourth-order valence-electron chi connectivity index (χ4n) is 3.83. The molecule has 18 heavy (non-hydrogen) atoms. The van der Waals surface area contributed by atoms with Crippen molar-refractivity contribution < 1.29 is 0 Å². The van der Waals surface area contributed by atoms with Crippen LogP contribution in [0.4, 0.5) is 0 Å². The van der Waals surface area contributed by atoms with Crippen LogP contribution >= 0.6 is 0 Å². The number of nitrogens with two attached hydrogens (primary N) is 1. The Labute approximate surface area is 113 Å². The van der Waals surface area contributed by atoms with Crippen LogP contribution in [0.1, 0.15) is 71.1 Å². The average Bonchev–Trinajstić information content (AvgIpc) is 2.56. The van der Waals surface area contributed by atoms with E-state index in [0.29, 0.717) is 6.04 Å². The molecule has 0 radical (unpaired) electrons. The topological polar surface area (TPSA) is 29.3 Å². The van der Waals surface area contributed by atoms with Crippen molar-refractivity contribution in [1.29, 1.82) is 0 Å². The Bertz CT molecular complexity index is 223. The molecule has 0 bridgehead atoms. The second kappa shape index (κ2) is 7.49. The van der Waals surface area contributed by atoms with Gasteiger partial charge in [0.05, 0.1) is 0 Å². The Morgan fingerprint density at radius 3 is 2.44 bits per heavy atom. The summed E-state index contributed by atoms with van der Waals surface area (Å²) in [5.41, 5.74) is 6.41. The van der Waals surface area contributed by atoms with E-state index in [4.69, 9.17) is 5.73 Å². The molecule has 2 N–H and O–H groups in total. The summed E-state index contributed by atoms with van der Waals surface area (Å²) in [5, 5.41) is 0. The summed E-state index contributed by atoms with van der Waals surface area (Å²) in [6.07, 6.45) is 14.0. The molecule has 1 heterocycles. The molecule has 2 fully saturated rings. The summed E-state index contributed by atoms with van der Waals surface area (Å²) in [7, 11) is 0. The van der Waals surface area contributed by atoms with Crippen LogP contribution in [0.25, 0.3) is 0 Å². The highest BCUT2D eigenvalue weighted by atomic mass is 15.2. The van der Waals surface area contributed by atoms with Crippen molar-refractivity contribution in [3.05, 3.63) is 0 Å². The zero-order valence-electron chi connectivity index (χ0n) is 12.2. The van der Waals surface area contributed by atoms with Gasteiger partial charge in [-0.25, -0.2) is 0 Å². The lowest BCUT2D eigenvalue weighted by Crippen LogP contribution is -2.43. The molecule has 1 saturated heterocycles. The van der Waals surface area contributed by atoms with Crippen molar-refractivity contribution in [2.75, 3.05) is 13.1 Å². The van der Waals surface area contributed by atoms with Gasteiger partial charge in [-0.15, -0.1) is 0 Å². The standard InChI is InChI=1S/C16H32N2/c1-14-8-4-3-7-11-18(14)13-16(17)12-15-9-5-2-6-10-15/h14-16H,2-13,17H2,1H3. The van der Waals surface area contributed by atoms with Gasteiger partial charge in [0, 0.05) is 18.6 Å². The Morgan fingerprint density at radius 1 is 1.00 bits per heavy atom. The maximum Gasteiger partial charge on any atom is 0.0170 e. The molecular weight excluding hydrogens is 220 g/mol. The molecular formula is C16H32N2. The fourth-order valence-corrected chi connectivity index (χ4v) is 3.83. The molecule has 2 aliphatic rings. The highest BCUT2D eigenvalue weighted by Gasteiger charge is 2.22. The van der Waals surface area contributed by atoms with Crippen LogP contribution < -0.4 is 5.73 Å². The predicted molar refractivity (Wildman–Crippen MR) is 78.7 cm³/mol. The predicted octanol–water partition coefficient (Wildman–Crippen LogP) is 3.55. The van der Waals surface area contributed by atoms with Gasteiger partial charge < -0.3 is 5.73 Å². The van der Waals surface area contributed by atoms with E-state index in [1.54, 1.807) is 0 Å². The number of hydrogen-bond donors (Lipinski definition) is 1. The maximum atomic E-state index is 6.41. The van der Waals surface area contributed by atoms with E-state index < -0.39 is 0 Å². The van der Waals surface area contributed by atoms with Gasteiger partial charge >= 0.3 is 0 Å². The quantitative estimate of drug-likeness (QED) is 0.829. The van der Waals surface area contributed by atoms with E-state index in [1.807, 2.05) is 0 Å². The lowest BCUT2D eigenvalue weighted by atomic mass is 9.85. The molecule has 1 aliphatic heterocycles. The zero-order chi connectivity index (χ0) is 12.8. The molecule has 1 aliphatic carbocycles. The zero-order valence-corrected chi connectivity index (χ0v) is 12.2. The highest BCUT2D eigenvalue weighted by molar-refractivity contribution is 4.79. The minimum atomic E-state index is 0.411. The smallest absolute Gasteiger partial charge is 0.0170 e. The normalized spacial score (nSPS) is 30.0. The third-order valence-corrected chi connectivity index (χ3v) is 5.02. The molecule has 0 aromatic rings. The molecule has 2 unspecified atom stereocenters. The minimum Gasteiger partial charge on any atom is -0.327 e. The summed E-state index contributed by atoms with van der Waals surface area (Å²) in [5.74, 6) is 0.927. The summed E-state index contributed by atoms with van der Waals surface area (Å²) >= 11 is 0. The van der Waals surface area contributed by atoms with E-state index in [-0.39, 0.29) is 0 Å². The number of likely N-dealkylation sites (tertiary alicyclic amines) is 1. The molecule has 2 atom stereocenters. The van der Waals surface area contributed by atoms with Crippen LogP contribution in [0.2, 0.25) is 0 Å². The Hall–Kier alpha value is -0.0800. The molecule has 2 rings (SSSR count). The van der Waals surface area contributed by atoms with E-state index in [9.17, 15) is 0 Å². The largest absolute Gasteiger partial charge is 0.327 e.